The molecule has 0 aliphatic heterocycles. The van der Waals surface area contributed by atoms with Crippen molar-refractivity contribution in [2.75, 3.05) is 11.1 Å². The van der Waals surface area contributed by atoms with E-state index in [0.717, 1.165) is 30.5 Å². The molecule has 2 fully saturated rings. The molecule has 3 aromatic heterocycles. The van der Waals surface area contributed by atoms with Gasteiger partial charge in [-0.25, -0.2) is 14.8 Å². The van der Waals surface area contributed by atoms with Gasteiger partial charge < -0.3 is 11.1 Å². The second-order valence-corrected chi connectivity index (χ2v) is 8.32. The van der Waals surface area contributed by atoms with Crippen LogP contribution in [0.25, 0.3) is 16.9 Å². The number of anilines is 2. The summed E-state index contributed by atoms with van der Waals surface area (Å²) in [4.78, 5) is 25.7. The van der Waals surface area contributed by atoms with Crippen molar-refractivity contribution in [2.45, 2.75) is 57.4 Å². The summed E-state index contributed by atoms with van der Waals surface area (Å²) in [5.41, 5.74) is 8.39. The maximum absolute atomic E-state index is 12.5. The second-order valence-electron chi connectivity index (χ2n) is 8.32. The molecule has 0 atom stereocenters. The monoisotopic (exact) mass is 406 g/mol. The lowest BCUT2D eigenvalue weighted by atomic mass is 9.96. The zero-order chi connectivity index (χ0) is 20.5. The van der Waals surface area contributed by atoms with Crippen molar-refractivity contribution in [1.29, 1.82) is 0 Å². The number of aromatic nitrogens is 6. The van der Waals surface area contributed by atoms with Gasteiger partial charge in [-0.15, -0.1) is 0 Å². The zero-order valence-electron chi connectivity index (χ0n) is 16.8. The molecule has 0 saturated heterocycles. The summed E-state index contributed by atoms with van der Waals surface area (Å²) in [6.07, 6.45) is 14.5. The van der Waals surface area contributed by atoms with Gasteiger partial charge in [-0.1, -0.05) is 19.3 Å². The minimum Gasteiger partial charge on any atom is -0.383 e. The third kappa shape index (κ3) is 3.92. The van der Waals surface area contributed by atoms with Gasteiger partial charge in [-0.2, -0.15) is 10.1 Å². The lowest BCUT2D eigenvalue weighted by molar-refractivity contribution is 0.461. The molecular formula is C21H26N8O. The van der Waals surface area contributed by atoms with Crippen LogP contribution in [0.3, 0.4) is 0 Å². The largest absolute Gasteiger partial charge is 0.383 e. The standard InChI is InChI=1S/C21H26N8O/c22-18-8-9-29(21(30)26-18)17-12-23-20(25-14-4-2-1-3-5-14)27-19(17)15-11-24-28-16(15)10-13-6-7-13/h8-9,11-14H,1-7,10H2,(H,24,28)(H2,22,26,30)(H,23,25,27). The minimum atomic E-state index is -0.458. The predicted octanol–water partition coefficient (Wildman–Crippen LogP) is 2.69. The fraction of sp³-hybridized carbons (Fsp3) is 0.476. The van der Waals surface area contributed by atoms with Crippen LogP contribution < -0.4 is 16.7 Å². The van der Waals surface area contributed by atoms with Crippen LogP contribution in [0.5, 0.6) is 0 Å². The molecule has 3 aromatic rings. The van der Waals surface area contributed by atoms with Crippen molar-refractivity contribution >= 4 is 11.8 Å². The molecule has 0 unspecified atom stereocenters. The number of rotatable bonds is 6. The summed E-state index contributed by atoms with van der Waals surface area (Å²) in [6, 6.07) is 1.98. The summed E-state index contributed by atoms with van der Waals surface area (Å²) >= 11 is 0. The maximum Gasteiger partial charge on any atom is 0.354 e. The Morgan fingerprint density at radius 2 is 1.97 bits per heavy atom. The first-order valence-corrected chi connectivity index (χ1v) is 10.7. The van der Waals surface area contributed by atoms with E-state index >= 15 is 0 Å². The van der Waals surface area contributed by atoms with Crippen LogP contribution in [0, 0.1) is 5.92 Å². The number of hydrogen-bond acceptors (Lipinski definition) is 7. The van der Waals surface area contributed by atoms with E-state index < -0.39 is 5.69 Å². The maximum atomic E-state index is 12.5. The molecule has 0 spiro atoms. The molecule has 4 N–H and O–H groups in total. The second kappa shape index (κ2) is 7.89. The molecule has 9 heteroatoms. The van der Waals surface area contributed by atoms with Crippen LogP contribution in [0.1, 0.15) is 50.6 Å². The Labute approximate surface area is 174 Å². The van der Waals surface area contributed by atoms with E-state index in [4.69, 9.17) is 10.7 Å². The first kappa shape index (κ1) is 18.8. The summed E-state index contributed by atoms with van der Waals surface area (Å²) in [7, 11) is 0. The van der Waals surface area contributed by atoms with Crippen molar-refractivity contribution in [2.24, 2.45) is 5.92 Å². The van der Waals surface area contributed by atoms with Crippen LogP contribution in [0.2, 0.25) is 0 Å². The van der Waals surface area contributed by atoms with Gasteiger partial charge in [0.25, 0.3) is 0 Å². The highest BCUT2D eigenvalue weighted by molar-refractivity contribution is 5.71. The average Bonchev–Trinajstić information content (AvgIpc) is 3.44. The topological polar surface area (TPSA) is 127 Å². The third-order valence-corrected chi connectivity index (χ3v) is 5.96. The van der Waals surface area contributed by atoms with Crippen LogP contribution in [0.4, 0.5) is 11.8 Å². The molecule has 3 heterocycles. The zero-order valence-corrected chi connectivity index (χ0v) is 16.8. The highest BCUT2D eigenvalue weighted by Crippen LogP contribution is 2.36. The van der Waals surface area contributed by atoms with Gasteiger partial charge >= 0.3 is 5.69 Å². The van der Waals surface area contributed by atoms with Gasteiger partial charge in [0.05, 0.1) is 18.1 Å². The predicted molar refractivity (Wildman–Crippen MR) is 114 cm³/mol. The number of nitrogens with two attached hydrogens (primary N) is 1. The van der Waals surface area contributed by atoms with Gasteiger partial charge in [-0.3, -0.25) is 9.67 Å². The summed E-state index contributed by atoms with van der Waals surface area (Å²) in [6.45, 7) is 0. The van der Waals surface area contributed by atoms with Crippen molar-refractivity contribution < 1.29 is 0 Å². The van der Waals surface area contributed by atoms with E-state index in [2.05, 4.69) is 25.5 Å². The van der Waals surface area contributed by atoms with E-state index in [0.29, 0.717) is 29.3 Å². The Bertz CT molecular complexity index is 1090. The normalized spacial score (nSPS) is 17.2. The summed E-state index contributed by atoms with van der Waals surface area (Å²) < 4.78 is 1.43. The smallest absolute Gasteiger partial charge is 0.354 e. The van der Waals surface area contributed by atoms with E-state index in [1.807, 2.05) is 0 Å². The van der Waals surface area contributed by atoms with Gasteiger partial charge in [0.1, 0.15) is 11.5 Å². The van der Waals surface area contributed by atoms with E-state index in [1.165, 1.54) is 36.7 Å². The lowest BCUT2D eigenvalue weighted by Crippen LogP contribution is -2.25. The fourth-order valence-corrected chi connectivity index (χ4v) is 4.13. The number of hydrogen-bond donors (Lipinski definition) is 3. The third-order valence-electron chi connectivity index (χ3n) is 5.96. The van der Waals surface area contributed by atoms with E-state index in [1.54, 1.807) is 24.7 Å². The molecule has 2 aliphatic carbocycles. The average molecular weight is 406 g/mol. The molecule has 0 amide bonds. The minimum absolute atomic E-state index is 0.187. The summed E-state index contributed by atoms with van der Waals surface area (Å²) in [5.74, 6) is 1.46. The molecule has 0 radical (unpaired) electrons. The SMILES string of the molecule is Nc1ccn(-c2cnc(NC3CCCCC3)nc2-c2cn[nH]c2CC2CC2)c(=O)n1. The van der Waals surface area contributed by atoms with Crippen LogP contribution in [-0.4, -0.2) is 35.8 Å². The van der Waals surface area contributed by atoms with E-state index in [9.17, 15) is 4.79 Å². The lowest BCUT2D eigenvalue weighted by Gasteiger charge is -2.23. The Hall–Kier alpha value is -3.23. The van der Waals surface area contributed by atoms with E-state index in [-0.39, 0.29) is 5.82 Å². The van der Waals surface area contributed by atoms with Gasteiger partial charge in [0.15, 0.2) is 0 Å². The Morgan fingerprint density at radius 1 is 1.13 bits per heavy atom. The highest BCUT2D eigenvalue weighted by Gasteiger charge is 2.26. The number of H-pyrrole nitrogens is 1. The first-order chi connectivity index (χ1) is 14.7. The number of nitrogen functional groups attached to an aromatic ring is 1. The first-order valence-electron chi connectivity index (χ1n) is 10.7. The molecule has 2 aliphatic rings. The Kier molecular flexibility index (Phi) is 4.94. The quantitative estimate of drug-likeness (QED) is 0.574. The molecule has 2 saturated carbocycles. The van der Waals surface area contributed by atoms with Crippen LogP contribution in [-0.2, 0) is 6.42 Å². The van der Waals surface area contributed by atoms with Crippen molar-refractivity contribution in [3.05, 3.63) is 40.8 Å². The Morgan fingerprint density at radius 3 is 2.73 bits per heavy atom. The summed E-state index contributed by atoms with van der Waals surface area (Å²) in [5, 5.41) is 10.9. The molecule has 30 heavy (non-hydrogen) atoms. The molecule has 5 rings (SSSR count). The molecule has 0 bridgehead atoms. The molecule has 9 nitrogen and oxygen atoms in total. The van der Waals surface area contributed by atoms with Crippen molar-refractivity contribution in [1.82, 2.24) is 29.7 Å². The van der Waals surface area contributed by atoms with Gasteiger partial charge in [-0.05, 0) is 44.1 Å². The Balaban J connectivity index is 1.57. The number of aromatic amines is 1. The van der Waals surface area contributed by atoms with Crippen LogP contribution in [0.15, 0.2) is 29.5 Å². The highest BCUT2D eigenvalue weighted by atomic mass is 16.1. The fourth-order valence-electron chi connectivity index (χ4n) is 4.13. The number of nitrogens with one attached hydrogen (secondary N) is 2. The molecule has 156 valence electrons. The molecule has 0 aromatic carbocycles. The molecular weight excluding hydrogens is 380 g/mol. The van der Waals surface area contributed by atoms with Crippen molar-refractivity contribution in [3.8, 4) is 16.9 Å². The van der Waals surface area contributed by atoms with Crippen LogP contribution >= 0.6 is 0 Å². The van der Waals surface area contributed by atoms with Gasteiger partial charge in [0.2, 0.25) is 5.95 Å². The van der Waals surface area contributed by atoms with Gasteiger partial charge in [0, 0.05) is 23.5 Å². The van der Waals surface area contributed by atoms with Crippen molar-refractivity contribution in [3.63, 3.8) is 0 Å². The number of nitrogens with zero attached hydrogens (tertiary/aromatic N) is 5.